The second kappa shape index (κ2) is 6.12. The topological polar surface area (TPSA) is 84.5 Å². The first kappa shape index (κ1) is 16.3. The maximum Gasteiger partial charge on any atom is 0.261 e. The Morgan fingerprint density at radius 1 is 1.17 bits per heavy atom. The van der Waals surface area contributed by atoms with Crippen LogP contribution in [0.3, 0.4) is 0 Å². The number of hydrogen-bond donors (Lipinski definition) is 2. The minimum absolute atomic E-state index is 0.0422. The second-order valence-electron chi connectivity index (χ2n) is 5.35. The van der Waals surface area contributed by atoms with Crippen LogP contribution in [0.4, 0.5) is 15.8 Å². The average molecular weight is 350 g/mol. The Bertz CT molecular complexity index is 912. The number of hydrogen-bond acceptors (Lipinski definition) is 4. The van der Waals surface area contributed by atoms with E-state index in [4.69, 9.17) is 4.74 Å². The maximum atomic E-state index is 13.5. The molecule has 0 fully saturated rings. The molecule has 2 aromatic carbocycles. The summed E-state index contributed by atoms with van der Waals surface area (Å²) in [7, 11) is -2.52. The summed E-state index contributed by atoms with van der Waals surface area (Å²) in [5.74, 6) is -0.496. The van der Waals surface area contributed by atoms with Crippen molar-refractivity contribution in [3.05, 3.63) is 47.8 Å². The van der Waals surface area contributed by atoms with E-state index >= 15 is 0 Å². The molecule has 8 heteroatoms. The normalized spacial score (nSPS) is 13.8. The highest BCUT2D eigenvalue weighted by atomic mass is 32.2. The van der Waals surface area contributed by atoms with Gasteiger partial charge in [0.25, 0.3) is 10.0 Å². The number of carbonyl (C=O) groups is 1. The Kier molecular flexibility index (Phi) is 4.15. The van der Waals surface area contributed by atoms with Crippen molar-refractivity contribution in [2.24, 2.45) is 0 Å². The predicted molar refractivity (Wildman–Crippen MR) is 87.2 cm³/mol. The summed E-state index contributed by atoms with van der Waals surface area (Å²) in [6.45, 7) is 0. The molecule has 6 nitrogen and oxygen atoms in total. The minimum atomic E-state index is -3.89. The SMILES string of the molecule is COc1cc(F)cc(NS(=O)(=O)c2ccc3c(c2)CCC(=O)N3)c1. The molecule has 1 amide bonds. The van der Waals surface area contributed by atoms with Crippen molar-refractivity contribution in [1.82, 2.24) is 0 Å². The van der Waals surface area contributed by atoms with E-state index in [9.17, 15) is 17.6 Å². The van der Waals surface area contributed by atoms with Crippen molar-refractivity contribution in [3.63, 3.8) is 0 Å². The van der Waals surface area contributed by atoms with Gasteiger partial charge < -0.3 is 10.1 Å². The lowest BCUT2D eigenvalue weighted by Gasteiger charge is -2.18. The molecular weight excluding hydrogens is 335 g/mol. The third-order valence-electron chi connectivity index (χ3n) is 3.64. The van der Waals surface area contributed by atoms with Gasteiger partial charge in [-0.2, -0.15) is 0 Å². The maximum absolute atomic E-state index is 13.5. The number of anilines is 2. The van der Waals surface area contributed by atoms with Crippen LogP contribution in [0.25, 0.3) is 0 Å². The van der Waals surface area contributed by atoms with Gasteiger partial charge in [0.1, 0.15) is 11.6 Å². The molecule has 1 aliphatic heterocycles. The van der Waals surface area contributed by atoms with Crippen LogP contribution < -0.4 is 14.8 Å². The fourth-order valence-electron chi connectivity index (χ4n) is 2.48. The van der Waals surface area contributed by atoms with Crippen molar-refractivity contribution in [2.75, 3.05) is 17.1 Å². The first-order chi connectivity index (χ1) is 11.4. The summed E-state index contributed by atoms with van der Waals surface area (Å²) < 4.78 is 45.8. The van der Waals surface area contributed by atoms with Gasteiger partial charge in [-0.05, 0) is 36.2 Å². The number of rotatable bonds is 4. The molecule has 2 aromatic rings. The molecule has 0 saturated heterocycles. The third-order valence-corrected chi connectivity index (χ3v) is 5.02. The number of sulfonamides is 1. The highest BCUT2D eigenvalue weighted by Crippen LogP contribution is 2.27. The summed E-state index contributed by atoms with van der Waals surface area (Å²) in [4.78, 5) is 11.4. The molecule has 0 aliphatic carbocycles. The van der Waals surface area contributed by atoms with E-state index < -0.39 is 15.8 Å². The van der Waals surface area contributed by atoms with Crippen LogP contribution in [-0.4, -0.2) is 21.4 Å². The van der Waals surface area contributed by atoms with E-state index in [1.54, 1.807) is 6.07 Å². The molecule has 0 bridgehead atoms. The van der Waals surface area contributed by atoms with E-state index in [1.807, 2.05) is 0 Å². The van der Waals surface area contributed by atoms with E-state index in [0.29, 0.717) is 18.5 Å². The first-order valence-electron chi connectivity index (χ1n) is 7.17. The molecule has 1 aliphatic rings. The fourth-order valence-corrected chi connectivity index (χ4v) is 3.57. The third kappa shape index (κ3) is 3.33. The molecule has 24 heavy (non-hydrogen) atoms. The van der Waals surface area contributed by atoms with Crippen LogP contribution in [0.1, 0.15) is 12.0 Å². The highest BCUT2D eigenvalue weighted by molar-refractivity contribution is 7.92. The predicted octanol–water partition coefficient (Wildman–Crippen LogP) is 2.52. The van der Waals surface area contributed by atoms with Crippen LogP contribution in [0.2, 0.25) is 0 Å². The first-order valence-corrected chi connectivity index (χ1v) is 8.66. The molecule has 0 atom stereocenters. The van der Waals surface area contributed by atoms with Crippen molar-refractivity contribution >= 4 is 27.3 Å². The summed E-state index contributed by atoms with van der Waals surface area (Å²) in [6.07, 6.45) is 0.781. The number of nitrogens with one attached hydrogen (secondary N) is 2. The van der Waals surface area contributed by atoms with Gasteiger partial charge in [-0.25, -0.2) is 12.8 Å². The second-order valence-corrected chi connectivity index (χ2v) is 7.03. The van der Waals surface area contributed by atoms with Crippen molar-refractivity contribution in [3.8, 4) is 5.75 Å². The monoisotopic (exact) mass is 350 g/mol. The molecule has 1 heterocycles. The summed E-state index contributed by atoms with van der Waals surface area (Å²) in [5.41, 5.74) is 1.42. The number of ether oxygens (including phenoxy) is 1. The molecule has 0 unspecified atom stereocenters. The minimum Gasteiger partial charge on any atom is -0.497 e. The molecule has 3 rings (SSSR count). The lowest BCUT2D eigenvalue weighted by atomic mass is 10.0. The van der Waals surface area contributed by atoms with Gasteiger partial charge in [-0.15, -0.1) is 0 Å². The number of carbonyl (C=O) groups excluding carboxylic acids is 1. The van der Waals surface area contributed by atoms with Gasteiger partial charge in [0.2, 0.25) is 5.91 Å². The lowest BCUT2D eigenvalue weighted by Crippen LogP contribution is -2.20. The number of aryl methyl sites for hydroxylation is 1. The van der Waals surface area contributed by atoms with Gasteiger partial charge in [0.15, 0.2) is 0 Å². The summed E-state index contributed by atoms with van der Waals surface area (Å²) >= 11 is 0. The Balaban J connectivity index is 1.91. The Hall–Kier alpha value is -2.61. The van der Waals surface area contributed by atoms with Gasteiger partial charge in [0, 0.05) is 24.2 Å². The van der Waals surface area contributed by atoms with Crippen molar-refractivity contribution in [1.29, 1.82) is 0 Å². The van der Waals surface area contributed by atoms with Gasteiger partial charge in [0.05, 0.1) is 17.7 Å². The Labute approximate surface area is 138 Å². The average Bonchev–Trinajstić information content (AvgIpc) is 2.53. The highest BCUT2D eigenvalue weighted by Gasteiger charge is 2.20. The lowest BCUT2D eigenvalue weighted by molar-refractivity contribution is -0.116. The molecule has 0 aromatic heterocycles. The largest absolute Gasteiger partial charge is 0.497 e. The number of benzene rings is 2. The number of methoxy groups -OCH3 is 1. The number of halogens is 1. The van der Waals surface area contributed by atoms with Crippen LogP contribution in [0.5, 0.6) is 5.75 Å². The van der Waals surface area contributed by atoms with Gasteiger partial charge >= 0.3 is 0 Å². The van der Waals surface area contributed by atoms with Gasteiger partial charge in [-0.1, -0.05) is 0 Å². The summed E-state index contributed by atoms with van der Waals surface area (Å²) in [5, 5.41) is 2.69. The zero-order valence-corrected chi connectivity index (χ0v) is 13.6. The zero-order chi connectivity index (χ0) is 17.3. The van der Waals surface area contributed by atoms with Crippen LogP contribution >= 0.6 is 0 Å². The Morgan fingerprint density at radius 2 is 1.96 bits per heavy atom. The van der Waals surface area contributed by atoms with E-state index in [1.165, 1.54) is 25.3 Å². The smallest absolute Gasteiger partial charge is 0.261 e. The van der Waals surface area contributed by atoms with Crippen LogP contribution in [0.15, 0.2) is 41.3 Å². The standard InChI is InChI=1S/C16H15FN2O4S/c1-23-13-8-11(17)7-12(9-13)19-24(21,22)14-3-4-15-10(6-14)2-5-16(20)18-15/h3-4,6-9,19H,2,5H2,1H3,(H,18,20). The van der Waals surface area contributed by atoms with E-state index in [-0.39, 0.29) is 22.2 Å². The zero-order valence-electron chi connectivity index (χ0n) is 12.8. The molecule has 126 valence electrons. The molecule has 0 radical (unpaired) electrons. The quantitative estimate of drug-likeness (QED) is 0.887. The number of amides is 1. The summed E-state index contributed by atoms with van der Waals surface area (Å²) in [6, 6.07) is 8.06. The number of fused-ring (bicyclic) bond motifs is 1. The molecule has 0 saturated carbocycles. The van der Waals surface area contributed by atoms with Crippen molar-refractivity contribution in [2.45, 2.75) is 17.7 Å². The molecule has 2 N–H and O–H groups in total. The van der Waals surface area contributed by atoms with Crippen molar-refractivity contribution < 1.29 is 22.3 Å². The van der Waals surface area contributed by atoms with E-state index in [2.05, 4.69) is 10.0 Å². The van der Waals surface area contributed by atoms with Gasteiger partial charge in [-0.3, -0.25) is 9.52 Å². The van der Waals surface area contributed by atoms with Crippen LogP contribution in [0, 0.1) is 5.82 Å². The van der Waals surface area contributed by atoms with E-state index in [0.717, 1.165) is 17.7 Å². The molecule has 0 spiro atoms. The molecular formula is C16H15FN2O4S. The van der Waals surface area contributed by atoms with Crippen LogP contribution in [-0.2, 0) is 21.2 Å². The fraction of sp³-hybridized carbons (Fsp3) is 0.188. The Morgan fingerprint density at radius 3 is 2.71 bits per heavy atom.